The molecule has 0 spiro atoms. The fourth-order valence-electron chi connectivity index (χ4n) is 2.18. The lowest BCUT2D eigenvalue weighted by atomic mass is 10.1. The van der Waals surface area contributed by atoms with E-state index < -0.39 is 0 Å². The number of fused-ring (bicyclic) bond motifs is 1. The summed E-state index contributed by atoms with van der Waals surface area (Å²) in [6.45, 7) is 4.18. The molecule has 0 saturated carbocycles. The number of nitrogens with zero attached hydrogens (tertiary/aromatic N) is 3. The molecule has 0 bridgehead atoms. The smallest absolute Gasteiger partial charge is 0.160 e. The first-order valence-electron chi connectivity index (χ1n) is 6.47. The van der Waals surface area contributed by atoms with Crippen LogP contribution in [0.2, 0.25) is 15.2 Å². The maximum atomic E-state index is 6.31. The largest absolute Gasteiger partial charge is 0.228 e. The summed E-state index contributed by atoms with van der Waals surface area (Å²) in [5, 5.41) is 5.94. The number of hydrogen-bond donors (Lipinski definition) is 0. The molecule has 108 valence electrons. The second-order valence-corrected chi connectivity index (χ2v) is 6.31. The molecule has 21 heavy (non-hydrogen) atoms. The second kappa shape index (κ2) is 5.48. The normalized spacial score (nSPS) is 11.5. The van der Waals surface area contributed by atoms with E-state index >= 15 is 0 Å². The molecule has 1 aromatic carbocycles. The van der Waals surface area contributed by atoms with Crippen LogP contribution >= 0.6 is 34.8 Å². The third-order valence-electron chi connectivity index (χ3n) is 3.28. The predicted molar refractivity (Wildman–Crippen MR) is 87.5 cm³/mol. The van der Waals surface area contributed by atoms with Crippen LogP contribution in [0.25, 0.3) is 16.9 Å². The molecule has 0 amide bonds. The Morgan fingerprint density at radius 3 is 2.57 bits per heavy atom. The van der Waals surface area contributed by atoms with Crippen LogP contribution in [0.5, 0.6) is 0 Å². The fraction of sp³-hybridized carbons (Fsp3) is 0.200. The highest BCUT2D eigenvalue weighted by molar-refractivity contribution is 6.35. The van der Waals surface area contributed by atoms with E-state index in [-0.39, 0.29) is 0 Å². The molecular formula is C15H12Cl3N3. The minimum Gasteiger partial charge on any atom is -0.228 e. The Morgan fingerprint density at radius 2 is 1.86 bits per heavy atom. The molecule has 0 radical (unpaired) electrons. The third kappa shape index (κ3) is 2.61. The summed E-state index contributed by atoms with van der Waals surface area (Å²) in [5.41, 5.74) is 3.22. The molecule has 2 heterocycles. The molecule has 0 N–H and O–H groups in total. The molecule has 2 aromatic heterocycles. The van der Waals surface area contributed by atoms with Crippen molar-refractivity contribution in [1.82, 2.24) is 14.6 Å². The van der Waals surface area contributed by atoms with Crippen molar-refractivity contribution in [3.63, 3.8) is 0 Å². The van der Waals surface area contributed by atoms with Crippen LogP contribution in [-0.2, 0) is 0 Å². The van der Waals surface area contributed by atoms with Crippen LogP contribution in [0.1, 0.15) is 25.3 Å². The highest BCUT2D eigenvalue weighted by atomic mass is 35.5. The molecule has 3 nitrogen and oxygen atoms in total. The highest BCUT2D eigenvalue weighted by Crippen LogP contribution is 2.32. The first kappa shape index (κ1) is 14.6. The van der Waals surface area contributed by atoms with E-state index in [1.54, 1.807) is 35.0 Å². The number of halogens is 3. The molecular weight excluding hydrogens is 329 g/mol. The first-order valence-corrected chi connectivity index (χ1v) is 7.60. The van der Waals surface area contributed by atoms with Gasteiger partial charge in [-0.05, 0) is 24.1 Å². The van der Waals surface area contributed by atoms with Crippen molar-refractivity contribution in [2.75, 3.05) is 0 Å². The summed E-state index contributed by atoms with van der Waals surface area (Å²) in [7, 11) is 0. The average molecular weight is 341 g/mol. The minimum atomic E-state index is 0.302. The Hall–Kier alpha value is -1.29. The van der Waals surface area contributed by atoms with E-state index in [9.17, 15) is 0 Å². The van der Waals surface area contributed by atoms with Crippen molar-refractivity contribution in [1.29, 1.82) is 0 Å². The number of benzene rings is 1. The van der Waals surface area contributed by atoms with E-state index in [0.29, 0.717) is 26.8 Å². The molecule has 0 aliphatic rings. The quantitative estimate of drug-likeness (QED) is 0.578. The Morgan fingerprint density at radius 1 is 1.10 bits per heavy atom. The SMILES string of the molecule is CC(C)c1cnn2c(Cl)cc(-c3cc(Cl)ccc3Cl)nc12. The summed E-state index contributed by atoms with van der Waals surface area (Å²) >= 11 is 18.6. The van der Waals surface area contributed by atoms with Crippen molar-refractivity contribution in [3.05, 3.63) is 51.2 Å². The lowest BCUT2D eigenvalue weighted by molar-refractivity contribution is 0.872. The fourth-order valence-corrected chi connectivity index (χ4v) is 2.80. The van der Waals surface area contributed by atoms with Gasteiger partial charge in [-0.15, -0.1) is 0 Å². The van der Waals surface area contributed by atoms with Crippen molar-refractivity contribution < 1.29 is 0 Å². The lowest BCUT2D eigenvalue weighted by Crippen LogP contribution is -1.97. The maximum Gasteiger partial charge on any atom is 0.160 e. The van der Waals surface area contributed by atoms with Crippen LogP contribution in [0.4, 0.5) is 0 Å². The van der Waals surface area contributed by atoms with Gasteiger partial charge in [-0.25, -0.2) is 9.50 Å². The van der Waals surface area contributed by atoms with Crippen LogP contribution < -0.4 is 0 Å². The summed E-state index contributed by atoms with van der Waals surface area (Å²) in [4.78, 5) is 4.66. The minimum absolute atomic E-state index is 0.302. The number of hydrogen-bond acceptors (Lipinski definition) is 2. The molecule has 6 heteroatoms. The molecule has 0 unspecified atom stereocenters. The van der Waals surface area contributed by atoms with Crippen molar-refractivity contribution >= 4 is 40.4 Å². The van der Waals surface area contributed by atoms with Crippen molar-refractivity contribution in [3.8, 4) is 11.3 Å². The van der Waals surface area contributed by atoms with Gasteiger partial charge >= 0.3 is 0 Å². The van der Waals surface area contributed by atoms with Gasteiger partial charge in [0.05, 0.1) is 16.9 Å². The Bertz CT molecular complexity index is 824. The van der Waals surface area contributed by atoms with Gasteiger partial charge in [0, 0.05) is 22.2 Å². The zero-order valence-electron chi connectivity index (χ0n) is 11.4. The van der Waals surface area contributed by atoms with Crippen LogP contribution in [-0.4, -0.2) is 14.6 Å². The number of rotatable bonds is 2. The van der Waals surface area contributed by atoms with Gasteiger partial charge in [-0.1, -0.05) is 48.7 Å². The molecule has 0 saturated heterocycles. The summed E-state index contributed by atoms with van der Waals surface area (Å²) < 4.78 is 1.62. The Kier molecular flexibility index (Phi) is 3.82. The van der Waals surface area contributed by atoms with Gasteiger partial charge in [-0.2, -0.15) is 5.10 Å². The van der Waals surface area contributed by atoms with Gasteiger partial charge in [0.15, 0.2) is 5.65 Å². The first-order chi connectivity index (χ1) is 9.97. The summed E-state index contributed by atoms with van der Waals surface area (Å²) in [6.07, 6.45) is 1.79. The molecule has 3 aromatic rings. The zero-order valence-corrected chi connectivity index (χ0v) is 13.7. The van der Waals surface area contributed by atoms with Crippen LogP contribution in [0.15, 0.2) is 30.5 Å². The van der Waals surface area contributed by atoms with E-state index in [4.69, 9.17) is 34.8 Å². The van der Waals surface area contributed by atoms with Gasteiger partial charge in [0.25, 0.3) is 0 Å². The van der Waals surface area contributed by atoms with Crippen LogP contribution in [0.3, 0.4) is 0 Å². The van der Waals surface area contributed by atoms with Gasteiger partial charge in [0.2, 0.25) is 0 Å². The molecule has 3 rings (SSSR count). The average Bonchev–Trinajstić information content (AvgIpc) is 2.86. The van der Waals surface area contributed by atoms with Gasteiger partial charge in [-0.3, -0.25) is 0 Å². The highest BCUT2D eigenvalue weighted by Gasteiger charge is 2.15. The lowest BCUT2D eigenvalue weighted by Gasteiger charge is -2.08. The van der Waals surface area contributed by atoms with Gasteiger partial charge < -0.3 is 0 Å². The summed E-state index contributed by atoms with van der Waals surface area (Å²) in [5.74, 6) is 0.302. The molecule has 0 aliphatic carbocycles. The Balaban J connectivity index is 2.28. The Labute approximate surface area is 137 Å². The van der Waals surface area contributed by atoms with Crippen molar-refractivity contribution in [2.24, 2.45) is 0 Å². The third-order valence-corrected chi connectivity index (χ3v) is 4.12. The molecule has 0 atom stereocenters. The number of aromatic nitrogens is 3. The monoisotopic (exact) mass is 339 g/mol. The predicted octanol–water partition coefficient (Wildman–Crippen LogP) is 5.48. The standard InChI is InChI=1S/C15H12Cl3N3/c1-8(2)11-7-19-21-14(18)6-13(20-15(11)21)10-5-9(16)3-4-12(10)17/h3-8H,1-2H3. The molecule has 0 aliphatic heterocycles. The topological polar surface area (TPSA) is 30.2 Å². The van der Waals surface area contributed by atoms with E-state index in [0.717, 1.165) is 16.8 Å². The van der Waals surface area contributed by atoms with E-state index in [1.165, 1.54) is 0 Å². The molecule has 0 fully saturated rings. The maximum absolute atomic E-state index is 6.31. The van der Waals surface area contributed by atoms with E-state index in [1.807, 2.05) is 0 Å². The van der Waals surface area contributed by atoms with E-state index in [2.05, 4.69) is 23.9 Å². The second-order valence-electron chi connectivity index (χ2n) is 5.08. The van der Waals surface area contributed by atoms with Gasteiger partial charge in [0.1, 0.15) is 5.15 Å². The zero-order chi connectivity index (χ0) is 15.1. The van der Waals surface area contributed by atoms with Crippen LogP contribution in [0, 0.1) is 0 Å². The summed E-state index contributed by atoms with van der Waals surface area (Å²) in [6, 6.07) is 7.01. The van der Waals surface area contributed by atoms with Crippen molar-refractivity contribution in [2.45, 2.75) is 19.8 Å².